The predicted octanol–water partition coefficient (Wildman–Crippen LogP) is 5.24. The fraction of sp³-hybridized carbons (Fsp3) is 0.464. The van der Waals surface area contributed by atoms with Crippen LogP contribution in [0.25, 0.3) is 21.5 Å². The molecule has 2 amide bonds. The standard InChI is InChI=1S/C28H35N3O8S/c1-9-16-10-17-19(11-18(16)37-21(32)13-30-26(35)39-28(6,7)8)36-20(12-29-25(34)38-27(3,4)5)22(23(17)33)24-31-15(2)14-40-24/h10-11,14H,9,12-13H2,1-8H3,(H,29,34)(H,30,35). The fourth-order valence-electron chi connectivity index (χ4n) is 3.58. The summed E-state index contributed by atoms with van der Waals surface area (Å²) in [5.74, 6) is -0.382. The summed E-state index contributed by atoms with van der Waals surface area (Å²) in [7, 11) is 0. The van der Waals surface area contributed by atoms with Gasteiger partial charge in [0.25, 0.3) is 0 Å². The molecule has 0 fully saturated rings. The maximum Gasteiger partial charge on any atom is 0.408 e. The number of amides is 2. The smallest absolute Gasteiger partial charge is 0.408 e. The van der Waals surface area contributed by atoms with E-state index >= 15 is 0 Å². The molecule has 2 N–H and O–H groups in total. The van der Waals surface area contributed by atoms with E-state index < -0.39 is 35.9 Å². The SMILES string of the molecule is CCc1cc2c(=O)c(-c3nc(C)cs3)c(CNC(=O)OC(C)(C)C)oc2cc1OC(=O)CNC(=O)OC(C)(C)C. The normalized spacial score (nSPS) is 11.7. The first-order valence-corrected chi connectivity index (χ1v) is 13.6. The molecular formula is C28H35N3O8S. The molecule has 0 aliphatic carbocycles. The van der Waals surface area contributed by atoms with E-state index in [4.69, 9.17) is 18.6 Å². The highest BCUT2D eigenvalue weighted by atomic mass is 32.1. The number of nitrogens with one attached hydrogen (secondary N) is 2. The molecule has 0 unspecified atom stereocenters. The van der Waals surface area contributed by atoms with E-state index in [0.29, 0.717) is 17.0 Å². The van der Waals surface area contributed by atoms with Crippen LogP contribution in [0.4, 0.5) is 9.59 Å². The van der Waals surface area contributed by atoms with Gasteiger partial charge in [-0.15, -0.1) is 11.3 Å². The number of esters is 1. The van der Waals surface area contributed by atoms with Gasteiger partial charge in [0.1, 0.15) is 39.8 Å². The van der Waals surface area contributed by atoms with E-state index in [-0.39, 0.29) is 40.0 Å². The summed E-state index contributed by atoms with van der Waals surface area (Å²) in [6.07, 6.45) is -0.979. The zero-order valence-electron chi connectivity index (χ0n) is 24.0. The zero-order valence-corrected chi connectivity index (χ0v) is 24.8. The number of benzene rings is 1. The second kappa shape index (κ2) is 12.1. The van der Waals surface area contributed by atoms with E-state index in [0.717, 1.165) is 5.69 Å². The second-order valence-corrected chi connectivity index (χ2v) is 11.9. The molecule has 0 radical (unpaired) electrons. The van der Waals surface area contributed by atoms with Crippen molar-refractivity contribution in [2.24, 2.45) is 0 Å². The van der Waals surface area contributed by atoms with Crippen LogP contribution < -0.4 is 20.8 Å². The Morgan fingerprint density at radius 1 is 1.00 bits per heavy atom. The maximum absolute atomic E-state index is 13.7. The van der Waals surface area contributed by atoms with Gasteiger partial charge in [-0.1, -0.05) is 6.92 Å². The van der Waals surface area contributed by atoms with Crippen LogP contribution in [0.3, 0.4) is 0 Å². The molecule has 11 nitrogen and oxygen atoms in total. The number of fused-ring (bicyclic) bond motifs is 1. The van der Waals surface area contributed by atoms with Crippen molar-refractivity contribution in [2.45, 2.75) is 79.6 Å². The van der Waals surface area contributed by atoms with E-state index in [2.05, 4.69) is 15.6 Å². The zero-order chi connectivity index (χ0) is 29.8. The largest absolute Gasteiger partial charge is 0.458 e. The first kappa shape index (κ1) is 30.6. The Morgan fingerprint density at radius 2 is 1.62 bits per heavy atom. The summed E-state index contributed by atoms with van der Waals surface area (Å²) in [6, 6.07) is 3.06. The number of carbonyl (C=O) groups is 3. The van der Waals surface area contributed by atoms with Gasteiger partial charge in [0.05, 0.1) is 17.5 Å². The minimum Gasteiger partial charge on any atom is -0.458 e. The Bertz CT molecular complexity index is 1480. The van der Waals surface area contributed by atoms with Crippen molar-refractivity contribution >= 4 is 40.5 Å². The van der Waals surface area contributed by atoms with Gasteiger partial charge < -0.3 is 29.3 Å². The minimum atomic E-state index is -0.753. The molecule has 0 saturated carbocycles. The van der Waals surface area contributed by atoms with Gasteiger partial charge in [0.15, 0.2) is 0 Å². The monoisotopic (exact) mass is 573 g/mol. The summed E-state index contributed by atoms with van der Waals surface area (Å²) in [5, 5.41) is 7.52. The molecule has 3 aromatic rings. The molecule has 3 rings (SSSR count). The molecule has 0 spiro atoms. The molecular weight excluding hydrogens is 538 g/mol. The molecule has 0 atom stereocenters. The minimum absolute atomic E-state index is 0.140. The molecule has 0 aliphatic rings. The van der Waals surface area contributed by atoms with Crippen LogP contribution in [0.2, 0.25) is 0 Å². The van der Waals surface area contributed by atoms with Crippen LogP contribution >= 0.6 is 11.3 Å². The molecule has 2 aromatic heterocycles. The van der Waals surface area contributed by atoms with E-state index in [9.17, 15) is 19.2 Å². The number of aryl methyl sites for hydroxylation is 2. The lowest BCUT2D eigenvalue weighted by Gasteiger charge is -2.20. The summed E-state index contributed by atoms with van der Waals surface area (Å²) < 4.78 is 22.1. The number of aromatic nitrogens is 1. The Morgan fingerprint density at radius 3 is 2.17 bits per heavy atom. The third kappa shape index (κ3) is 8.28. The second-order valence-electron chi connectivity index (χ2n) is 11.0. The first-order chi connectivity index (χ1) is 18.6. The van der Waals surface area contributed by atoms with Gasteiger partial charge in [0.2, 0.25) is 5.43 Å². The van der Waals surface area contributed by atoms with Gasteiger partial charge in [-0.2, -0.15) is 0 Å². The van der Waals surface area contributed by atoms with Crippen molar-refractivity contribution in [1.29, 1.82) is 0 Å². The third-order valence-corrected chi connectivity index (χ3v) is 6.13. The lowest BCUT2D eigenvalue weighted by molar-refractivity contribution is -0.133. The average Bonchev–Trinajstić information content (AvgIpc) is 3.24. The number of thiazole rings is 1. The number of alkyl carbamates (subject to hydrolysis) is 2. The number of hydrogen-bond donors (Lipinski definition) is 2. The van der Waals surface area contributed by atoms with Crippen molar-refractivity contribution in [3.8, 4) is 16.3 Å². The van der Waals surface area contributed by atoms with Crippen molar-refractivity contribution in [1.82, 2.24) is 15.6 Å². The van der Waals surface area contributed by atoms with Crippen molar-refractivity contribution in [2.75, 3.05) is 6.54 Å². The van der Waals surface area contributed by atoms with Crippen LogP contribution in [0.5, 0.6) is 5.75 Å². The molecule has 0 aliphatic heterocycles. The third-order valence-electron chi connectivity index (χ3n) is 5.15. The highest BCUT2D eigenvalue weighted by molar-refractivity contribution is 7.13. The predicted molar refractivity (Wildman–Crippen MR) is 151 cm³/mol. The Labute approximate surface area is 236 Å². The lowest BCUT2D eigenvalue weighted by atomic mass is 10.1. The number of carbonyl (C=O) groups excluding carboxylic acids is 3. The maximum atomic E-state index is 13.7. The highest BCUT2D eigenvalue weighted by Gasteiger charge is 2.23. The summed E-state index contributed by atoms with van der Waals surface area (Å²) in [6.45, 7) is 13.4. The van der Waals surface area contributed by atoms with Crippen LogP contribution in [0, 0.1) is 6.92 Å². The van der Waals surface area contributed by atoms with Crippen LogP contribution in [-0.4, -0.2) is 40.9 Å². The van der Waals surface area contributed by atoms with Crippen molar-refractivity contribution in [3.63, 3.8) is 0 Å². The number of ether oxygens (including phenoxy) is 3. The van der Waals surface area contributed by atoms with Crippen LogP contribution in [0.1, 0.15) is 65.5 Å². The Kier molecular flexibility index (Phi) is 9.24. The summed E-state index contributed by atoms with van der Waals surface area (Å²) >= 11 is 1.29. The van der Waals surface area contributed by atoms with E-state index in [1.807, 2.05) is 19.2 Å². The van der Waals surface area contributed by atoms with Crippen molar-refractivity contribution < 1.29 is 33.0 Å². The van der Waals surface area contributed by atoms with Gasteiger partial charge in [-0.05, 0) is 66.5 Å². The number of nitrogens with zero attached hydrogens (tertiary/aromatic N) is 1. The Hall–Kier alpha value is -3.93. The van der Waals surface area contributed by atoms with Gasteiger partial charge >= 0.3 is 18.2 Å². The molecule has 40 heavy (non-hydrogen) atoms. The lowest BCUT2D eigenvalue weighted by Crippen LogP contribution is -2.36. The van der Waals surface area contributed by atoms with Crippen molar-refractivity contribution in [3.05, 3.63) is 44.8 Å². The van der Waals surface area contributed by atoms with Crippen LogP contribution in [-0.2, 0) is 27.2 Å². The quantitative estimate of drug-likeness (QED) is 0.286. The average molecular weight is 574 g/mol. The molecule has 1 aromatic carbocycles. The van der Waals surface area contributed by atoms with E-state index in [1.54, 1.807) is 47.6 Å². The van der Waals surface area contributed by atoms with Gasteiger partial charge in [0, 0.05) is 17.1 Å². The first-order valence-electron chi connectivity index (χ1n) is 12.8. The molecule has 0 saturated heterocycles. The molecule has 12 heteroatoms. The molecule has 2 heterocycles. The summed E-state index contributed by atoms with van der Waals surface area (Å²) in [5.41, 5.74) is -0.0508. The van der Waals surface area contributed by atoms with Gasteiger partial charge in [-0.3, -0.25) is 4.79 Å². The summed E-state index contributed by atoms with van der Waals surface area (Å²) in [4.78, 5) is 54.9. The van der Waals surface area contributed by atoms with Gasteiger partial charge in [-0.25, -0.2) is 19.4 Å². The number of hydrogen-bond acceptors (Lipinski definition) is 10. The molecule has 216 valence electrons. The Balaban J connectivity index is 1.97. The van der Waals surface area contributed by atoms with E-state index in [1.165, 1.54) is 17.4 Å². The fourth-order valence-corrected chi connectivity index (χ4v) is 4.43. The molecule has 0 bridgehead atoms. The van der Waals surface area contributed by atoms with Crippen LogP contribution in [0.15, 0.2) is 26.7 Å². The highest BCUT2D eigenvalue weighted by Crippen LogP contribution is 2.31. The number of rotatable bonds is 7. The topological polar surface area (TPSA) is 146 Å².